The Morgan fingerprint density at radius 3 is 2.64 bits per heavy atom. The van der Waals surface area contributed by atoms with Crippen molar-refractivity contribution < 1.29 is 14.0 Å². The molecule has 33 heavy (non-hydrogen) atoms. The standard InChI is InChI=1S/C28H29FN2O2/c29-23-12-10-21(11-13-23)25-9-4-18-31(25)27(33)15-17-28(16-14-26(32)30-28)19-22-7-3-6-20-5-1-2-8-24(20)22/h1-3,5-8,10-13,25H,4,9,14-19H2,(H,30,32)/t25-,28-/m0/s1. The number of benzene rings is 3. The molecule has 0 radical (unpaired) electrons. The second kappa shape index (κ2) is 8.97. The lowest BCUT2D eigenvalue weighted by Crippen LogP contribution is -2.45. The first-order valence-electron chi connectivity index (χ1n) is 11.9. The molecule has 0 unspecified atom stereocenters. The maximum absolute atomic E-state index is 13.4. The summed E-state index contributed by atoms with van der Waals surface area (Å²) in [6, 6.07) is 21.1. The van der Waals surface area contributed by atoms with Gasteiger partial charge in [-0.3, -0.25) is 9.59 Å². The van der Waals surface area contributed by atoms with Gasteiger partial charge in [-0.25, -0.2) is 4.39 Å². The van der Waals surface area contributed by atoms with Crippen LogP contribution >= 0.6 is 0 Å². The molecule has 3 aromatic carbocycles. The fourth-order valence-corrected chi connectivity index (χ4v) is 5.58. The predicted octanol–water partition coefficient (Wildman–Crippen LogP) is 5.31. The zero-order valence-corrected chi connectivity index (χ0v) is 18.7. The van der Waals surface area contributed by atoms with Gasteiger partial charge in [0, 0.05) is 24.9 Å². The van der Waals surface area contributed by atoms with E-state index >= 15 is 0 Å². The van der Waals surface area contributed by atoms with Crippen LogP contribution in [0.25, 0.3) is 10.8 Å². The lowest BCUT2D eigenvalue weighted by molar-refractivity contribution is -0.132. The number of likely N-dealkylation sites (tertiary alicyclic amines) is 1. The highest BCUT2D eigenvalue weighted by Crippen LogP contribution is 2.35. The molecule has 0 spiro atoms. The number of carbonyl (C=O) groups is 2. The van der Waals surface area contributed by atoms with Crippen LogP contribution in [0.4, 0.5) is 4.39 Å². The first-order valence-corrected chi connectivity index (χ1v) is 11.9. The van der Waals surface area contributed by atoms with Crippen LogP contribution in [0.15, 0.2) is 66.7 Å². The Morgan fingerprint density at radius 1 is 1.06 bits per heavy atom. The van der Waals surface area contributed by atoms with Crippen molar-refractivity contribution in [3.63, 3.8) is 0 Å². The van der Waals surface area contributed by atoms with Gasteiger partial charge < -0.3 is 10.2 Å². The van der Waals surface area contributed by atoms with E-state index in [0.29, 0.717) is 19.3 Å². The number of halogens is 1. The maximum Gasteiger partial charge on any atom is 0.223 e. The molecule has 2 amide bonds. The Bertz CT molecular complexity index is 1170. The first-order chi connectivity index (χ1) is 16.0. The summed E-state index contributed by atoms with van der Waals surface area (Å²) in [5.74, 6) is -0.0877. The number of amides is 2. The average molecular weight is 445 g/mol. The van der Waals surface area contributed by atoms with Crippen LogP contribution in [-0.4, -0.2) is 28.8 Å². The van der Waals surface area contributed by atoms with Gasteiger partial charge in [-0.1, -0.05) is 54.6 Å². The van der Waals surface area contributed by atoms with Crippen molar-refractivity contribution in [2.45, 2.75) is 56.5 Å². The van der Waals surface area contributed by atoms with Gasteiger partial charge >= 0.3 is 0 Å². The quantitative estimate of drug-likeness (QED) is 0.560. The average Bonchev–Trinajstić information content (AvgIpc) is 3.46. The zero-order valence-electron chi connectivity index (χ0n) is 18.7. The third kappa shape index (κ3) is 4.50. The summed E-state index contributed by atoms with van der Waals surface area (Å²) < 4.78 is 13.4. The number of rotatable bonds is 6. The van der Waals surface area contributed by atoms with E-state index in [1.54, 1.807) is 12.1 Å². The van der Waals surface area contributed by atoms with Crippen LogP contribution in [0, 0.1) is 5.82 Å². The molecule has 2 fully saturated rings. The second-order valence-corrected chi connectivity index (χ2v) is 9.44. The van der Waals surface area contributed by atoms with Gasteiger partial charge in [-0.2, -0.15) is 0 Å². The molecule has 2 aliphatic heterocycles. The summed E-state index contributed by atoms with van der Waals surface area (Å²) in [5, 5.41) is 5.61. The number of nitrogens with zero attached hydrogens (tertiary/aromatic N) is 1. The first kappa shape index (κ1) is 21.6. The van der Waals surface area contributed by atoms with Crippen LogP contribution in [0.3, 0.4) is 0 Å². The normalized spacial score (nSPS) is 22.6. The van der Waals surface area contributed by atoms with Crippen molar-refractivity contribution in [2.75, 3.05) is 6.54 Å². The van der Waals surface area contributed by atoms with E-state index in [2.05, 4.69) is 35.6 Å². The summed E-state index contributed by atoms with van der Waals surface area (Å²) in [7, 11) is 0. The Morgan fingerprint density at radius 2 is 1.85 bits per heavy atom. The lowest BCUT2D eigenvalue weighted by atomic mass is 9.83. The molecule has 1 N–H and O–H groups in total. The lowest BCUT2D eigenvalue weighted by Gasteiger charge is -2.32. The maximum atomic E-state index is 13.4. The molecule has 170 valence electrons. The fraction of sp³-hybridized carbons (Fsp3) is 0.357. The molecule has 5 rings (SSSR count). The third-order valence-electron chi connectivity index (χ3n) is 7.29. The highest BCUT2D eigenvalue weighted by Gasteiger charge is 2.39. The molecule has 0 saturated carbocycles. The minimum Gasteiger partial charge on any atom is -0.350 e. The molecular weight excluding hydrogens is 415 g/mol. The van der Waals surface area contributed by atoms with Gasteiger partial charge in [0.15, 0.2) is 0 Å². The van der Waals surface area contributed by atoms with Crippen molar-refractivity contribution in [1.29, 1.82) is 0 Å². The molecule has 3 aromatic rings. The largest absolute Gasteiger partial charge is 0.350 e. The van der Waals surface area contributed by atoms with Gasteiger partial charge in [0.2, 0.25) is 11.8 Å². The third-order valence-corrected chi connectivity index (χ3v) is 7.29. The topological polar surface area (TPSA) is 49.4 Å². The Labute approximate surface area is 193 Å². The van der Waals surface area contributed by atoms with Crippen LogP contribution in [0.2, 0.25) is 0 Å². The van der Waals surface area contributed by atoms with E-state index in [9.17, 15) is 14.0 Å². The summed E-state index contributed by atoms with van der Waals surface area (Å²) in [4.78, 5) is 27.5. The van der Waals surface area contributed by atoms with E-state index in [1.807, 2.05) is 17.0 Å². The Kier molecular flexibility index (Phi) is 5.88. The van der Waals surface area contributed by atoms with Gasteiger partial charge in [0.25, 0.3) is 0 Å². The fourth-order valence-electron chi connectivity index (χ4n) is 5.58. The van der Waals surface area contributed by atoms with Gasteiger partial charge in [0.1, 0.15) is 5.82 Å². The van der Waals surface area contributed by atoms with Crippen molar-refractivity contribution in [3.05, 3.63) is 83.7 Å². The molecule has 0 aliphatic carbocycles. The van der Waals surface area contributed by atoms with Crippen LogP contribution in [0.5, 0.6) is 0 Å². The molecule has 4 nitrogen and oxygen atoms in total. The summed E-state index contributed by atoms with van der Waals surface area (Å²) in [6.07, 6.45) is 4.82. The zero-order chi connectivity index (χ0) is 22.8. The summed E-state index contributed by atoms with van der Waals surface area (Å²) in [5.41, 5.74) is 1.79. The molecule has 0 aromatic heterocycles. The number of carbonyl (C=O) groups excluding carboxylic acids is 2. The van der Waals surface area contributed by atoms with Gasteiger partial charge in [0.05, 0.1) is 6.04 Å². The number of hydrogen-bond donors (Lipinski definition) is 1. The smallest absolute Gasteiger partial charge is 0.223 e. The monoisotopic (exact) mass is 444 g/mol. The van der Waals surface area contributed by atoms with Crippen LogP contribution < -0.4 is 5.32 Å². The molecular formula is C28H29FN2O2. The Hall–Kier alpha value is -3.21. The minimum atomic E-state index is -0.401. The molecule has 5 heteroatoms. The van der Waals surface area contributed by atoms with Gasteiger partial charge in [-0.05, 0) is 66.1 Å². The van der Waals surface area contributed by atoms with Crippen molar-refractivity contribution >= 4 is 22.6 Å². The number of hydrogen-bond acceptors (Lipinski definition) is 2. The molecule has 2 heterocycles. The van der Waals surface area contributed by atoms with E-state index in [0.717, 1.165) is 37.8 Å². The van der Waals surface area contributed by atoms with Gasteiger partial charge in [-0.15, -0.1) is 0 Å². The van der Waals surface area contributed by atoms with Crippen molar-refractivity contribution in [3.8, 4) is 0 Å². The predicted molar refractivity (Wildman–Crippen MR) is 127 cm³/mol. The SMILES string of the molecule is O=C1CC[C@](CCC(=O)N2CCC[C@H]2c2ccc(F)cc2)(Cc2cccc3ccccc23)N1. The molecule has 2 saturated heterocycles. The summed E-state index contributed by atoms with van der Waals surface area (Å²) in [6.45, 7) is 0.726. The Balaban J connectivity index is 1.33. The molecule has 2 atom stereocenters. The van der Waals surface area contributed by atoms with E-state index in [1.165, 1.54) is 28.5 Å². The van der Waals surface area contributed by atoms with Crippen molar-refractivity contribution in [1.82, 2.24) is 10.2 Å². The van der Waals surface area contributed by atoms with E-state index in [-0.39, 0.29) is 23.7 Å². The highest BCUT2D eigenvalue weighted by atomic mass is 19.1. The molecule has 2 aliphatic rings. The van der Waals surface area contributed by atoms with Crippen molar-refractivity contribution in [2.24, 2.45) is 0 Å². The number of nitrogens with one attached hydrogen (secondary N) is 1. The van der Waals surface area contributed by atoms with E-state index < -0.39 is 5.54 Å². The highest BCUT2D eigenvalue weighted by molar-refractivity contribution is 5.86. The minimum absolute atomic E-state index is 0.00489. The van der Waals surface area contributed by atoms with E-state index in [4.69, 9.17) is 0 Å². The van der Waals surface area contributed by atoms with Crippen LogP contribution in [-0.2, 0) is 16.0 Å². The van der Waals surface area contributed by atoms with Crippen LogP contribution in [0.1, 0.15) is 55.7 Å². The molecule has 0 bridgehead atoms. The summed E-state index contributed by atoms with van der Waals surface area (Å²) >= 11 is 0. The number of fused-ring (bicyclic) bond motifs is 1. The second-order valence-electron chi connectivity index (χ2n) is 9.44.